The molecule has 0 bridgehead atoms. The number of aliphatic hydroxyl groups is 1. The first-order chi connectivity index (χ1) is 12.7. The molecular weight excluding hydrogens is 324 g/mol. The molecule has 4 nitrogen and oxygen atoms in total. The average molecular weight is 361 g/mol. The van der Waals surface area contributed by atoms with Crippen LogP contribution in [0.4, 0.5) is 0 Å². The van der Waals surface area contributed by atoms with Crippen LogP contribution in [0.25, 0.3) is 0 Å². The van der Waals surface area contributed by atoms with Crippen LogP contribution in [-0.2, 0) is 13.2 Å². The Kier molecular flexibility index (Phi) is 7.35. The van der Waals surface area contributed by atoms with Crippen LogP contribution in [0.15, 0.2) is 18.2 Å². The predicted molar refractivity (Wildman–Crippen MR) is 106 cm³/mol. The highest BCUT2D eigenvalue weighted by Crippen LogP contribution is 2.31. The minimum Gasteiger partial charge on any atom is -0.494 e. The molecule has 0 unspecified atom stereocenters. The van der Waals surface area contributed by atoms with E-state index in [-0.39, 0.29) is 12.1 Å². The minimum atomic E-state index is 0.0299. The molecule has 4 heteroatoms. The lowest BCUT2D eigenvalue weighted by atomic mass is 9.80. The number of hydrogen-bond donors (Lipinski definition) is 2. The lowest BCUT2D eigenvalue weighted by Gasteiger charge is -2.43. The van der Waals surface area contributed by atoms with Gasteiger partial charge in [-0.15, -0.1) is 0 Å². The van der Waals surface area contributed by atoms with Crippen LogP contribution < -0.4 is 10.1 Å². The number of likely N-dealkylation sites (tertiary alicyclic amines) is 1. The molecule has 1 aliphatic heterocycles. The van der Waals surface area contributed by atoms with Crippen LogP contribution in [0.3, 0.4) is 0 Å². The highest BCUT2D eigenvalue weighted by Gasteiger charge is 2.33. The maximum absolute atomic E-state index is 9.65. The highest BCUT2D eigenvalue weighted by molar-refractivity contribution is 5.37. The van der Waals surface area contributed by atoms with Crippen molar-refractivity contribution in [3.63, 3.8) is 0 Å². The zero-order valence-corrected chi connectivity index (χ0v) is 16.4. The van der Waals surface area contributed by atoms with Gasteiger partial charge in [0.1, 0.15) is 5.75 Å². The second kappa shape index (κ2) is 9.72. The molecule has 0 spiro atoms. The molecule has 1 aromatic rings. The van der Waals surface area contributed by atoms with E-state index in [0.717, 1.165) is 17.9 Å². The molecule has 2 aliphatic rings. The van der Waals surface area contributed by atoms with Crippen molar-refractivity contribution in [1.82, 2.24) is 10.2 Å². The predicted octanol–water partition coefficient (Wildman–Crippen LogP) is 3.86. The minimum absolute atomic E-state index is 0.0299. The van der Waals surface area contributed by atoms with Gasteiger partial charge in [0, 0.05) is 24.2 Å². The topological polar surface area (TPSA) is 44.7 Å². The summed E-state index contributed by atoms with van der Waals surface area (Å²) in [5, 5.41) is 13.6. The Balaban J connectivity index is 1.65. The summed E-state index contributed by atoms with van der Waals surface area (Å²) in [6.07, 6.45) is 10.7. The molecule has 3 rings (SSSR count). The molecule has 1 saturated carbocycles. The Morgan fingerprint density at radius 1 is 1.08 bits per heavy atom. The quantitative estimate of drug-likeness (QED) is 0.739. The van der Waals surface area contributed by atoms with Gasteiger partial charge in [-0.25, -0.2) is 0 Å². The summed E-state index contributed by atoms with van der Waals surface area (Å²) in [4.78, 5) is 2.68. The highest BCUT2D eigenvalue weighted by atomic mass is 16.5. The summed E-state index contributed by atoms with van der Waals surface area (Å²) < 4.78 is 5.61. The molecule has 146 valence electrons. The maximum atomic E-state index is 9.65. The van der Waals surface area contributed by atoms with Crippen LogP contribution in [0, 0.1) is 0 Å². The van der Waals surface area contributed by atoms with Crippen molar-refractivity contribution < 1.29 is 9.84 Å². The SMILES string of the molecule is CCOc1ccc(CNC2(CN3CCCCC3)CCCCC2)cc1CO. The van der Waals surface area contributed by atoms with Crippen molar-refractivity contribution in [2.24, 2.45) is 0 Å². The van der Waals surface area contributed by atoms with Crippen molar-refractivity contribution in [3.8, 4) is 5.75 Å². The molecule has 2 fully saturated rings. The third kappa shape index (κ3) is 5.21. The van der Waals surface area contributed by atoms with E-state index in [4.69, 9.17) is 4.74 Å². The fourth-order valence-corrected chi connectivity index (χ4v) is 4.62. The van der Waals surface area contributed by atoms with Gasteiger partial charge in [0.05, 0.1) is 13.2 Å². The third-order valence-electron chi connectivity index (χ3n) is 6.05. The maximum Gasteiger partial charge on any atom is 0.124 e. The summed E-state index contributed by atoms with van der Waals surface area (Å²) >= 11 is 0. The van der Waals surface area contributed by atoms with Crippen LogP contribution >= 0.6 is 0 Å². The fraction of sp³-hybridized carbons (Fsp3) is 0.727. The summed E-state index contributed by atoms with van der Waals surface area (Å²) in [5.74, 6) is 0.805. The van der Waals surface area contributed by atoms with E-state index >= 15 is 0 Å². The molecule has 0 amide bonds. The van der Waals surface area contributed by atoms with Gasteiger partial charge in [-0.2, -0.15) is 0 Å². The number of piperidine rings is 1. The molecule has 0 aromatic heterocycles. The van der Waals surface area contributed by atoms with Crippen LogP contribution in [0.5, 0.6) is 5.75 Å². The molecule has 1 aliphatic carbocycles. The lowest BCUT2D eigenvalue weighted by molar-refractivity contribution is 0.122. The Morgan fingerprint density at radius 3 is 2.50 bits per heavy atom. The van der Waals surface area contributed by atoms with Gasteiger partial charge in [0.15, 0.2) is 0 Å². The summed E-state index contributed by atoms with van der Waals surface area (Å²) in [7, 11) is 0. The van der Waals surface area contributed by atoms with Crippen LogP contribution in [0.1, 0.15) is 69.4 Å². The molecule has 0 radical (unpaired) electrons. The number of nitrogens with zero attached hydrogens (tertiary/aromatic N) is 1. The first-order valence-corrected chi connectivity index (χ1v) is 10.6. The zero-order chi connectivity index (χ0) is 18.2. The summed E-state index contributed by atoms with van der Waals surface area (Å²) in [6.45, 7) is 7.22. The summed E-state index contributed by atoms with van der Waals surface area (Å²) in [6, 6.07) is 6.23. The second-order valence-electron chi connectivity index (χ2n) is 8.06. The molecule has 26 heavy (non-hydrogen) atoms. The van der Waals surface area contributed by atoms with Gasteiger partial charge in [0.2, 0.25) is 0 Å². The Morgan fingerprint density at radius 2 is 1.81 bits per heavy atom. The van der Waals surface area contributed by atoms with Crippen molar-refractivity contribution in [1.29, 1.82) is 0 Å². The van der Waals surface area contributed by atoms with Crippen molar-refractivity contribution in [3.05, 3.63) is 29.3 Å². The Hall–Kier alpha value is -1.10. The number of nitrogens with one attached hydrogen (secondary N) is 1. The number of benzene rings is 1. The van der Waals surface area contributed by atoms with Crippen molar-refractivity contribution in [2.75, 3.05) is 26.2 Å². The largest absolute Gasteiger partial charge is 0.494 e. The fourth-order valence-electron chi connectivity index (χ4n) is 4.62. The first kappa shape index (κ1) is 19.7. The third-order valence-corrected chi connectivity index (χ3v) is 6.05. The first-order valence-electron chi connectivity index (χ1n) is 10.6. The summed E-state index contributed by atoms with van der Waals surface area (Å²) in [5.41, 5.74) is 2.38. The van der Waals surface area contributed by atoms with Crippen LogP contribution in [0.2, 0.25) is 0 Å². The Labute approximate surface area is 158 Å². The monoisotopic (exact) mass is 360 g/mol. The smallest absolute Gasteiger partial charge is 0.124 e. The van der Waals surface area contributed by atoms with E-state index in [9.17, 15) is 5.11 Å². The van der Waals surface area contributed by atoms with Crippen LogP contribution in [-0.4, -0.2) is 41.8 Å². The van der Waals surface area contributed by atoms with E-state index in [2.05, 4.69) is 22.3 Å². The van der Waals surface area contributed by atoms with Gasteiger partial charge in [-0.05, 0) is 63.4 Å². The van der Waals surface area contributed by atoms with Gasteiger partial charge >= 0.3 is 0 Å². The van der Waals surface area contributed by atoms with E-state index in [1.165, 1.54) is 76.6 Å². The molecule has 0 atom stereocenters. The van der Waals surface area contributed by atoms with Gasteiger partial charge < -0.3 is 20.1 Å². The van der Waals surface area contributed by atoms with Gasteiger partial charge in [-0.1, -0.05) is 31.7 Å². The van der Waals surface area contributed by atoms with Gasteiger partial charge in [0.25, 0.3) is 0 Å². The molecule has 1 heterocycles. The van der Waals surface area contributed by atoms with E-state index in [1.807, 2.05) is 13.0 Å². The zero-order valence-electron chi connectivity index (χ0n) is 16.4. The average Bonchev–Trinajstić information content (AvgIpc) is 2.69. The molecule has 1 saturated heterocycles. The number of ether oxygens (including phenoxy) is 1. The number of rotatable bonds is 8. The van der Waals surface area contributed by atoms with E-state index in [1.54, 1.807) is 0 Å². The van der Waals surface area contributed by atoms with E-state index in [0.29, 0.717) is 6.61 Å². The Bertz CT molecular complexity index is 549. The lowest BCUT2D eigenvalue weighted by Crippen LogP contribution is -2.55. The normalized spacial score (nSPS) is 20.8. The number of aliphatic hydroxyl groups excluding tert-OH is 1. The molecule has 2 N–H and O–H groups in total. The molecular formula is C22H36N2O2. The second-order valence-corrected chi connectivity index (χ2v) is 8.06. The van der Waals surface area contributed by atoms with Crippen molar-refractivity contribution in [2.45, 2.75) is 77.0 Å². The molecule has 1 aromatic carbocycles. The van der Waals surface area contributed by atoms with Gasteiger partial charge in [-0.3, -0.25) is 0 Å². The number of hydrogen-bond acceptors (Lipinski definition) is 4. The van der Waals surface area contributed by atoms with E-state index < -0.39 is 0 Å². The standard InChI is InChI=1S/C22H36N2O2/c1-2-26-21-10-9-19(15-20(21)17-25)16-23-22(11-5-3-6-12-22)18-24-13-7-4-8-14-24/h9-10,15,23,25H,2-8,11-14,16-18H2,1H3. The van der Waals surface area contributed by atoms with Crippen molar-refractivity contribution >= 4 is 0 Å².